The zero-order chi connectivity index (χ0) is 27.5. The standard InChI is InChI=1S/C32H25NO6/c1-37-23-12-6-9-20(17-23)30(34)27-26-15-4-5-16-33(26)29(32(36)22-11-8-14-25(19-22)39-3)28(27)31(35)21-10-7-13-24(18-21)38-2/h4-19H,1-3H3. The topological polar surface area (TPSA) is 83.3 Å². The second-order valence-corrected chi connectivity index (χ2v) is 8.74. The minimum absolute atomic E-state index is 0.00935. The molecule has 2 heterocycles. The Kier molecular flexibility index (Phi) is 6.97. The third-order valence-corrected chi connectivity index (χ3v) is 6.51. The summed E-state index contributed by atoms with van der Waals surface area (Å²) in [6.07, 6.45) is 1.67. The maximum Gasteiger partial charge on any atom is 0.210 e. The van der Waals surface area contributed by atoms with Crippen LogP contribution < -0.4 is 14.2 Å². The lowest BCUT2D eigenvalue weighted by Crippen LogP contribution is -2.15. The maximum absolute atomic E-state index is 14.2. The minimum atomic E-state index is -0.477. The van der Waals surface area contributed by atoms with Gasteiger partial charge < -0.3 is 18.6 Å². The van der Waals surface area contributed by atoms with Crippen LogP contribution in [0, 0.1) is 0 Å². The van der Waals surface area contributed by atoms with Crippen molar-refractivity contribution in [2.24, 2.45) is 0 Å². The number of ether oxygens (including phenoxy) is 3. The molecule has 7 heteroatoms. The summed E-state index contributed by atoms with van der Waals surface area (Å²) in [6.45, 7) is 0. The molecule has 7 nitrogen and oxygen atoms in total. The Morgan fingerprint density at radius 2 is 1.00 bits per heavy atom. The highest BCUT2D eigenvalue weighted by Gasteiger charge is 2.33. The van der Waals surface area contributed by atoms with Crippen LogP contribution in [0.2, 0.25) is 0 Å². The molecular weight excluding hydrogens is 494 g/mol. The predicted molar refractivity (Wildman–Crippen MR) is 147 cm³/mol. The van der Waals surface area contributed by atoms with Gasteiger partial charge in [0.2, 0.25) is 5.78 Å². The van der Waals surface area contributed by atoms with Crippen LogP contribution in [-0.2, 0) is 0 Å². The van der Waals surface area contributed by atoms with Gasteiger partial charge in [-0.05, 0) is 48.5 Å². The first-order chi connectivity index (χ1) is 19.0. The smallest absolute Gasteiger partial charge is 0.210 e. The normalized spacial score (nSPS) is 10.7. The monoisotopic (exact) mass is 519 g/mol. The summed E-state index contributed by atoms with van der Waals surface area (Å²) in [5.74, 6) is 0.161. The van der Waals surface area contributed by atoms with Crippen molar-refractivity contribution in [1.29, 1.82) is 0 Å². The van der Waals surface area contributed by atoms with E-state index in [1.54, 1.807) is 102 Å². The first kappa shape index (κ1) is 25.5. The molecule has 0 bridgehead atoms. The Hall–Kier alpha value is -5.17. The third kappa shape index (κ3) is 4.66. The molecule has 0 aliphatic heterocycles. The van der Waals surface area contributed by atoms with E-state index in [9.17, 15) is 14.4 Å². The molecule has 5 rings (SSSR count). The Labute approximate surface area is 225 Å². The summed E-state index contributed by atoms with van der Waals surface area (Å²) in [4.78, 5) is 42.4. The molecule has 0 aliphatic carbocycles. The second kappa shape index (κ2) is 10.7. The molecule has 3 aromatic carbocycles. The minimum Gasteiger partial charge on any atom is -0.497 e. The van der Waals surface area contributed by atoms with Crippen molar-refractivity contribution in [3.8, 4) is 17.2 Å². The number of hydrogen-bond donors (Lipinski definition) is 0. The zero-order valence-electron chi connectivity index (χ0n) is 21.6. The number of nitrogens with zero attached hydrogens (tertiary/aromatic N) is 1. The van der Waals surface area contributed by atoms with E-state index in [1.807, 2.05) is 0 Å². The number of fused-ring (bicyclic) bond motifs is 1. The first-order valence-electron chi connectivity index (χ1n) is 12.2. The van der Waals surface area contributed by atoms with Crippen molar-refractivity contribution >= 4 is 22.9 Å². The number of rotatable bonds is 9. The van der Waals surface area contributed by atoms with Gasteiger partial charge in [-0.3, -0.25) is 14.4 Å². The number of hydrogen-bond acceptors (Lipinski definition) is 6. The van der Waals surface area contributed by atoms with E-state index in [1.165, 1.54) is 21.3 Å². The molecule has 2 aromatic heterocycles. The van der Waals surface area contributed by atoms with Crippen LogP contribution in [0.4, 0.5) is 0 Å². The summed E-state index contributed by atoms with van der Waals surface area (Å²) in [5.41, 5.74) is 1.58. The molecule has 39 heavy (non-hydrogen) atoms. The van der Waals surface area contributed by atoms with Crippen molar-refractivity contribution in [2.75, 3.05) is 21.3 Å². The molecule has 0 atom stereocenters. The van der Waals surface area contributed by atoms with E-state index in [-0.39, 0.29) is 22.4 Å². The molecule has 194 valence electrons. The van der Waals surface area contributed by atoms with Crippen molar-refractivity contribution in [1.82, 2.24) is 4.40 Å². The zero-order valence-corrected chi connectivity index (χ0v) is 21.6. The van der Waals surface area contributed by atoms with Crippen LogP contribution in [0.3, 0.4) is 0 Å². The van der Waals surface area contributed by atoms with Crippen LogP contribution >= 0.6 is 0 Å². The largest absolute Gasteiger partial charge is 0.497 e. The van der Waals surface area contributed by atoms with Gasteiger partial charge in [0, 0.05) is 22.9 Å². The summed E-state index contributed by atoms with van der Waals surface area (Å²) in [6, 6.07) is 25.2. The van der Waals surface area contributed by atoms with Crippen LogP contribution in [0.5, 0.6) is 17.2 Å². The molecular formula is C32H25NO6. The fraction of sp³-hybridized carbons (Fsp3) is 0.0938. The number of benzene rings is 3. The second-order valence-electron chi connectivity index (χ2n) is 8.74. The van der Waals surface area contributed by atoms with Crippen molar-refractivity contribution in [3.63, 3.8) is 0 Å². The fourth-order valence-corrected chi connectivity index (χ4v) is 4.60. The van der Waals surface area contributed by atoms with Crippen LogP contribution in [-0.4, -0.2) is 43.1 Å². The molecule has 0 aliphatic rings. The Bertz CT molecular complexity index is 1640. The highest BCUT2D eigenvalue weighted by atomic mass is 16.5. The number of carbonyl (C=O) groups excluding carboxylic acids is 3. The van der Waals surface area contributed by atoms with Gasteiger partial charge in [0.05, 0.1) is 38.0 Å². The van der Waals surface area contributed by atoms with Gasteiger partial charge in [-0.25, -0.2) is 0 Å². The van der Waals surface area contributed by atoms with E-state index < -0.39 is 17.3 Å². The van der Waals surface area contributed by atoms with E-state index in [0.717, 1.165) is 0 Å². The Morgan fingerprint density at radius 1 is 0.538 bits per heavy atom. The van der Waals surface area contributed by atoms with Crippen LogP contribution in [0.1, 0.15) is 47.9 Å². The van der Waals surface area contributed by atoms with E-state index in [4.69, 9.17) is 14.2 Å². The lowest BCUT2D eigenvalue weighted by Gasteiger charge is -2.10. The van der Waals surface area contributed by atoms with Crippen LogP contribution in [0.15, 0.2) is 97.2 Å². The number of pyridine rings is 1. The molecule has 0 spiro atoms. The van der Waals surface area contributed by atoms with Gasteiger partial charge in [-0.15, -0.1) is 0 Å². The summed E-state index contributed by atoms with van der Waals surface area (Å²) >= 11 is 0. The first-order valence-corrected chi connectivity index (χ1v) is 12.2. The SMILES string of the molecule is COc1cccc(C(=O)c2c(C(=O)c3cccc(OC)c3)c3ccccn3c2C(=O)c2cccc(OC)c2)c1. The maximum atomic E-state index is 14.2. The Balaban J connectivity index is 1.82. The van der Waals surface area contributed by atoms with E-state index in [0.29, 0.717) is 33.9 Å². The van der Waals surface area contributed by atoms with Crippen molar-refractivity contribution in [2.45, 2.75) is 0 Å². The molecule has 0 saturated carbocycles. The number of ketones is 3. The third-order valence-electron chi connectivity index (χ3n) is 6.51. The van der Waals surface area contributed by atoms with Gasteiger partial charge in [-0.1, -0.05) is 42.5 Å². The fourth-order valence-electron chi connectivity index (χ4n) is 4.60. The highest BCUT2D eigenvalue weighted by Crippen LogP contribution is 2.32. The highest BCUT2D eigenvalue weighted by molar-refractivity contribution is 6.28. The van der Waals surface area contributed by atoms with E-state index >= 15 is 0 Å². The summed E-state index contributed by atoms with van der Waals surface area (Å²) < 4.78 is 17.6. The quantitative estimate of drug-likeness (QED) is 0.234. The number of aromatic nitrogens is 1. The summed E-state index contributed by atoms with van der Waals surface area (Å²) in [5, 5.41) is 0. The molecule has 0 N–H and O–H groups in total. The number of carbonyl (C=O) groups is 3. The lowest BCUT2D eigenvalue weighted by molar-refractivity contribution is 0.0991. The molecule has 0 unspecified atom stereocenters. The average molecular weight is 520 g/mol. The molecule has 0 radical (unpaired) electrons. The van der Waals surface area contributed by atoms with Gasteiger partial charge >= 0.3 is 0 Å². The van der Waals surface area contributed by atoms with Gasteiger partial charge in [0.25, 0.3) is 0 Å². The summed E-state index contributed by atoms with van der Waals surface area (Å²) in [7, 11) is 4.53. The Morgan fingerprint density at radius 3 is 1.49 bits per heavy atom. The molecule has 0 fully saturated rings. The van der Waals surface area contributed by atoms with Crippen LogP contribution in [0.25, 0.3) is 5.52 Å². The lowest BCUT2D eigenvalue weighted by atomic mass is 9.92. The number of methoxy groups -OCH3 is 3. The van der Waals surface area contributed by atoms with Crippen molar-refractivity contribution in [3.05, 3.63) is 131 Å². The molecule has 5 aromatic rings. The van der Waals surface area contributed by atoms with Crippen molar-refractivity contribution < 1.29 is 28.6 Å². The average Bonchev–Trinajstić information content (AvgIpc) is 3.35. The van der Waals surface area contributed by atoms with Gasteiger partial charge in [0.1, 0.15) is 22.9 Å². The molecule has 0 amide bonds. The van der Waals surface area contributed by atoms with Gasteiger partial charge in [-0.2, -0.15) is 0 Å². The predicted octanol–water partition coefficient (Wildman–Crippen LogP) is 5.66. The van der Waals surface area contributed by atoms with E-state index in [2.05, 4.69) is 0 Å². The molecule has 0 saturated heterocycles. The van der Waals surface area contributed by atoms with Gasteiger partial charge in [0.15, 0.2) is 11.6 Å².